The number of carbonyl (C=O) groups is 1. The first kappa shape index (κ1) is 19.6. The Balaban J connectivity index is 1.66. The Morgan fingerprint density at radius 2 is 1.97 bits per heavy atom. The molecular weight excluding hydrogens is 374 g/mol. The number of aliphatic imine (C=N–C) groups is 1. The van der Waals surface area contributed by atoms with Crippen molar-refractivity contribution >= 4 is 28.8 Å². The predicted octanol–water partition coefficient (Wildman–Crippen LogP) is 5.57. The van der Waals surface area contributed by atoms with E-state index in [0.29, 0.717) is 12.2 Å². The zero-order valence-corrected chi connectivity index (χ0v) is 17.3. The quantitative estimate of drug-likeness (QED) is 0.327. The summed E-state index contributed by atoms with van der Waals surface area (Å²) >= 11 is 0. The number of ether oxygens (including phenoxy) is 1. The molecule has 30 heavy (non-hydrogen) atoms. The van der Waals surface area contributed by atoms with E-state index in [1.165, 1.54) is 0 Å². The first-order chi connectivity index (χ1) is 14.6. The van der Waals surface area contributed by atoms with Crippen LogP contribution in [-0.4, -0.2) is 28.3 Å². The van der Waals surface area contributed by atoms with Gasteiger partial charge in [-0.2, -0.15) is 0 Å². The van der Waals surface area contributed by atoms with E-state index in [1.54, 1.807) is 19.2 Å². The largest absolute Gasteiger partial charge is 0.462 e. The average Bonchev–Trinajstić information content (AvgIpc) is 3.05. The molecule has 4 aromatic rings. The summed E-state index contributed by atoms with van der Waals surface area (Å²) in [5.41, 5.74) is 6.45. The molecule has 0 aliphatic rings. The molecule has 150 valence electrons. The SMILES string of the molecule is CCOC(=O)c1cccc(-n2c(C)cc(C=Nc3ccc4ncccc4c3)c2C)c1. The molecule has 0 aliphatic heterocycles. The zero-order valence-electron chi connectivity index (χ0n) is 17.3. The van der Waals surface area contributed by atoms with Crippen LogP contribution in [0.25, 0.3) is 16.6 Å². The molecule has 0 saturated heterocycles. The molecule has 0 saturated carbocycles. The molecule has 0 spiro atoms. The van der Waals surface area contributed by atoms with Crippen LogP contribution < -0.4 is 0 Å². The van der Waals surface area contributed by atoms with Crippen LogP contribution in [0.2, 0.25) is 0 Å². The fourth-order valence-corrected chi connectivity index (χ4v) is 3.59. The second kappa shape index (κ2) is 8.33. The normalized spacial score (nSPS) is 11.3. The van der Waals surface area contributed by atoms with Crippen molar-refractivity contribution in [2.75, 3.05) is 6.61 Å². The Morgan fingerprint density at radius 3 is 2.80 bits per heavy atom. The topological polar surface area (TPSA) is 56.5 Å². The number of hydrogen-bond acceptors (Lipinski definition) is 4. The molecular formula is C25H23N3O2. The number of aromatic nitrogens is 2. The number of rotatable bonds is 5. The Kier molecular flexibility index (Phi) is 5.44. The van der Waals surface area contributed by atoms with Crippen molar-refractivity contribution in [1.29, 1.82) is 0 Å². The van der Waals surface area contributed by atoms with Gasteiger partial charge in [0.05, 0.1) is 23.4 Å². The van der Waals surface area contributed by atoms with Gasteiger partial charge in [-0.05, 0) is 69.3 Å². The third-order valence-electron chi connectivity index (χ3n) is 5.03. The number of aryl methyl sites for hydroxylation is 1. The lowest BCUT2D eigenvalue weighted by atomic mass is 10.2. The first-order valence-electron chi connectivity index (χ1n) is 9.92. The Morgan fingerprint density at radius 1 is 1.10 bits per heavy atom. The summed E-state index contributed by atoms with van der Waals surface area (Å²) in [5, 5.41) is 1.06. The maximum absolute atomic E-state index is 12.1. The van der Waals surface area contributed by atoms with Crippen LogP contribution in [0, 0.1) is 13.8 Å². The molecule has 4 rings (SSSR count). The second-order valence-corrected chi connectivity index (χ2v) is 7.07. The molecule has 0 bridgehead atoms. The summed E-state index contributed by atoms with van der Waals surface area (Å²) in [4.78, 5) is 21.1. The highest BCUT2D eigenvalue weighted by Gasteiger charge is 2.12. The molecule has 0 unspecified atom stereocenters. The van der Waals surface area contributed by atoms with E-state index in [4.69, 9.17) is 4.74 Å². The van der Waals surface area contributed by atoms with Gasteiger partial charge in [0, 0.05) is 40.4 Å². The van der Waals surface area contributed by atoms with Crippen LogP contribution in [0.15, 0.2) is 71.9 Å². The van der Waals surface area contributed by atoms with Crippen LogP contribution in [0.1, 0.15) is 34.2 Å². The van der Waals surface area contributed by atoms with Crippen molar-refractivity contribution < 1.29 is 9.53 Å². The molecule has 0 aliphatic carbocycles. The predicted molar refractivity (Wildman–Crippen MR) is 120 cm³/mol. The van der Waals surface area contributed by atoms with Gasteiger partial charge >= 0.3 is 5.97 Å². The minimum atomic E-state index is -0.311. The summed E-state index contributed by atoms with van der Waals surface area (Å²) < 4.78 is 7.25. The van der Waals surface area contributed by atoms with Crippen molar-refractivity contribution in [3.8, 4) is 5.69 Å². The molecule has 2 aromatic heterocycles. The van der Waals surface area contributed by atoms with Gasteiger partial charge < -0.3 is 9.30 Å². The highest BCUT2D eigenvalue weighted by Crippen LogP contribution is 2.23. The van der Waals surface area contributed by atoms with Gasteiger partial charge in [-0.25, -0.2) is 4.79 Å². The molecule has 2 aromatic carbocycles. The van der Waals surface area contributed by atoms with E-state index < -0.39 is 0 Å². The second-order valence-electron chi connectivity index (χ2n) is 7.07. The number of hydrogen-bond donors (Lipinski definition) is 0. The maximum atomic E-state index is 12.1. The van der Waals surface area contributed by atoms with Crippen LogP contribution in [0.4, 0.5) is 5.69 Å². The van der Waals surface area contributed by atoms with Crippen LogP contribution in [0.5, 0.6) is 0 Å². The van der Waals surface area contributed by atoms with Crippen molar-refractivity contribution in [2.45, 2.75) is 20.8 Å². The van der Waals surface area contributed by atoms with Crippen LogP contribution >= 0.6 is 0 Å². The monoisotopic (exact) mass is 397 g/mol. The van der Waals surface area contributed by atoms with Crippen molar-refractivity contribution in [1.82, 2.24) is 9.55 Å². The fourth-order valence-electron chi connectivity index (χ4n) is 3.59. The van der Waals surface area contributed by atoms with Gasteiger partial charge in [0.2, 0.25) is 0 Å². The van der Waals surface area contributed by atoms with Gasteiger partial charge in [0.25, 0.3) is 0 Å². The Hall–Kier alpha value is -3.73. The van der Waals surface area contributed by atoms with Crippen molar-refractivity contribution in [3.05, 3.63) is 89.4 Å². The number of pyridine rings is 1. The van der Waals surface area contributed by atoms with E-state index in [0.717, 1.165) is 39.2 Å². The van der Waals surface area contributed by atoms with Crippen LogP contribution in [0.3, 0.4) is 0 Å². The molecule has 0 atom stereocenters. The number of nitrogens with zero attached hydrogens (tertiary/aromatic N) is 3. The molecule has 5 nitrogen and oxygen atoms in total. The van der Waals surface area contributed by atoms with Gasteiger partial charge in [-0.3, -0.25) is 9.98 Å². The summed E-state index contributed by atoms with van der Waals surface area (Å²) in [6.45, 7) is 6.26. The lowest BCUT2D eigenvalue weighted by molar-refractivity contribution is 0.0526. The van der Waals surface area contributed by atoms with E-state index in [1.807, 2.05) is 61.7 Å². The third-order valence-corrected chi connectivity index (χ3v) is 5.03. The van der Waals surface area contributed by atoms with E-state index >= 15 is 0 Å². The summed E-state index contributed by atoms with van der Waals surface area (Å²) in [6, 6.07) is 19.5. The number of benzene rings is 2. The average molecular weight is 397 g/mol. The van der Waals surface area contributed by atoms with E-state index in [2.05, 4.69) is 27.5 Å². The lowest BCUT2D eigenvalue weighted by Gasteiger charge is -2.11. The zero-order chi connectivity index (χ0) is 21.1. The van der Waals surface area contributed by atoms with E-state index in [-0.39, 0.29) is 5.97 Å². The Bertz CT molecular complexity index is 1250. The van der Waals surface area contributed by atoms with Gasteiger partial charge in [-0.15, -0.1) is 0 Å². The third kappa shape index (κ3) is 3.87. The van der Waals surface area contributed by atoms with Crippen molar-refractivity contribution in [2.24, 2.45) is 4.99 Å². The van der Waals surface area contributed by atoms with Crippen LogP contribution in [-0.2, 0) is 4.74 Å². The molecule has 0 amide bonds. The smallest absolute Gasteiger partial charge is 0.338 e. The molecule has 0 radical (unpaired) electrons. The number of esters is 1. The standard InChI is InChI=1S/C25H23N3O2/c1-4-30-25(29)20-7-5-9-23(15-20)28-17(2)13-21(18(28)3)16-27-22-10-11-24-19(14-22)8-6-12-26-24/h5-16H,4H2,1-3H3. The number of fused-ring (bicyclic) bond motifs is 1. The Labute approximate surface area is 175 Å². The molecule has 2 heterocycles. The maximum Gasteiger partial charge on any atom is 0.338 e. The molecule has 0 N–H and O–H groups in total. The van der Waals surface area contributed by atoms with Crippen molar-refractivity contribution in [3.63, 3.8) is 0 Å². The summed E-state index contributed by atoms with van der Waals surface area (Å²) in [5.74, 6) is -0.311. The highest BCUT2D eigenvalue weighted by molar-refractivity contribution is 5.90. The van der Waals surface area contributed by atoms with Gasteiger partial charge in [-0.1, -0.05) is 12.1 Å². The van der Waals surface area contributed by atoms with Gasteiger partial charge in [0.15, 0.2) is 0 Å². The van der Waals surface area contributed by atoms with Gasteiger partial charge in [0.1, 0.15) is 0 Å². The molecule has 0 fully saturated rings. The first-order valence-corrected chi connectivity index (χ1v) is 9.92. The lowest BCUT2D eigenvalue weighted by Crippen LogP contribution is -2.06. The minimum Gasteiger partial charge on any atom is -0.462 e. The summed E-state index contributed by atoms with van der Waals surface area (Å²) in [7, 11) is 0. The summed E-state index contributed by atoms with van der Waals surface area (Å²) in [6.07, 6.45) is 3.67. The van der Waals surface area contributed by atoms with E-state index in [9.17, 15) is 4.79 Å². The highest BCUT2D eigenvalue weighted by atomic mass is 16.5. The minimum absolute atomic E-state index is 0.311. The fraction of sp³-hybridized carbons (Fsp3) is 0.160. The molecule has 5 heteroatoms. The number of carbonyl (C=O) groups excluding carboxylic acids is 1.